The van der Waals surface area contributed by atoms with Gasteiger partial charge in [0.2, 0.25) is 10.0 Å². The van der Waals surface area contributed by atoms with Crippen molar-refractivity contribution < 1.29 is 8.42 Å². The highest BCUT2D eigenvalue weighted by Crippen LogP contribution is 2.14. The second-order valence-corrected chi connectivity index (χ2v) is 6.94. The summed E-state index contributed by atoms with van der Waals surface area (Å²) in [7, 11) is -3.44. The van der Waals surface area contributed by atoms with E-state index in [0.717, 1.165) is 5.16 Å². The van der Waals surface area contributed by atoms with Crippen LogP contribution in [0.4, 0.5) is 0 Å². The van der Waals surface area contributed by atoms with Crippen LogP contribution in [0.2, 0.25) is 0 Å². The molecule has 1 heterocycles. The molecule has 1 aromatic heterocycles. The third-order valence-electron chi connectivity index (χ3n) is 2.58. The number of sulfonamides is 1. The van der Waals surface area contributed by atoms with Crippen LogP contribution >= 0.6 is 11.8 Å². The molecule has 0 amide bonds. The molecule has 0 unspecified atom stereocenters. The summed E-state index contributed by atoms with van der Waals surface area (Å²) in [6.07, 6.45) is 3.38. The minimum atomic E-state index is -3.44. The van der Waals surface area contributed by atoms with Crippen LogP contribution in [-0.4, -0.2) is 35.5 Å². The topological polar surface area (TPSA) is 76.9 Å². The van der Waals surface area contributed by atoms with Crippen molar-refractivity contribution in [2.75, 3.05) is 12.3 Å². The molecule has 2 rings (SSSR count). The smallest absolute Gasteiger partial charge is 0.240 e. The highest BCUT2D eigenvalue weighted by atomic mass is 32.2. The largest absolute Gasteiger partial charge is 0.305 e. The summed E-state index contributed by atoms with van der Waals surface area (Å²) in [5.74, 6) is 0.571. The van der Waals surface area contributed by atoms with Gasteiger partial charge in [0, 0.05) is 18.8 Å². The van der Waals surface area contributed by atoms with Gasteiger partial charge in [-0.15, -0.1) is 16.8 Å². The second kappa shape index (κ2) is 7.39. The molecule has 112 valence electrons. The van der Waals surface area contributed by atoms with Crippen molar-refractivity contribution in [2.45, 2.75) is 16.6 Å². The zero-order chi connectivity index (χ0) is 15.1. The Labute approximate surface area is 128 Å². The number of nitrogens with zero attached hydrogens (tertiary/aromatic N) is 3. The summed E-state index contributed by atoms with van der Waals surface area (Å²) >= 11 is 1.44. The molecule has 1 aromatic carbocycles. The van der Waals surface area contributed by atoms with Crippen LogP contribution in [0.15, 0.2) is 59.4 Å². The maximum atomic E-state index is 12.0. The number of thioether (sulfide) groups is 1. The number of hydrogen-bond acceptors (Lipinski definition) is 5. The quantitative estimate of drug-likeness (QED) is 0.453. The van der Waals surface area contributed by atoms with E-state index in [2.05, 4.69) is 21.5 Å². The summed E-state index contributed by atoms with van der Waals surface area (Å²) in [4.78, 5) is 0.268. The monoisotopic (exact) mass is 324 g/mol. The summed E-state index contributed by atoms with van der Waals surface area (Å²) in [5.41, 5.74) is 0. The SMILES string of the molecule is C=CCn1cnnc1SCCNS(=O)(=O)c1ccccc1. The maximum Gasteiger partial charge on any atom is 0.240 e. The number of rotatable bonds is 8. The van der Waals surface area contributed by atoms with Crippen molar-refractivity contribution in [3.63, 3.8) is 0 Å². The fraction of sp³-hybridized carbons (Fsp3) is 0.231. The zero-order valence-corrected chi connectivity index (χ0v) is 13.0. The predicted octanol–water partition coefficient (Wildman–Crippen LogP) is 1.53. The Hall–Kier alpha value is -1.64. The molecule has 21 heavy (non-hydrogen) atoms. The Kier molecular flexibility index (Phi) is 5.54. The van der Waals surface area contributed by atoms with E-state index in [1.807, 2.05) is 4.57 Å². The van der Waals surface area contributed by atoms with Gasteiger partial charge in [-0.25, -0.2) is 13.1 Å². The van der Waals surface area contributed by atoms with Gasteiger partial charge in [-0.3, -0.25) is 0 Å². The molecular weight excluding hydrogens is 308 g/mol. The summed E-state index contributed by atoms with van der Waals surface area (Å²) in [6, 6.07) is 8.30. The number of allylic oxidation sites excluding steroid dienone is 1. The molecular formula is C13H16N4O2S2. The van der Waals surface area contributed by atoms with Gasteiger partial charge in [-0.05, 0) is 12.1 Å². The highest BCUT2D eigenvalue weighted by Gasteiger charge is 2.12. The third-order valence-corrected chi connectivity index (χ3v) is 5.04. The number of benzene rings is 1. The number of hydrogen-bond donors (Lipinski definition) is 1. The fourth-order valence-corrected chi connectivity index (χ4v) is 3.58. The molecule has 0 aliphatic rings. The van der Waals surface area contributed by atoms with E-state index >= 15 is 0 Å². The Morgan fingerprint density at radius 3 is 2.81 bits per heavy atom. The first-order chi connectivity index (χ1) is 10.1. The Morgan fingerprint density at radius 2 is 2.10 bits per heavy atom. The van der Waals surface area contributed by atoms with Gasteiger partial charge in [-0.1, -0.05) is 36.0 Å². The molecule has 0 aliphatic carbocycles. The molecule has 0 radical (unpaired) electrons. The summed E-state index contributed by atoms with van der Waals surface area (Å²) < 4.78 is 28.4. The van der Waals surface area contributed by atoms with Crippen molar-refractivity contribution >= 4 is 21.8 Å². The van der Waals surface area contributed by atoms with E-state index in [9.17, 15) is 8.42 Å². The van der Waals surface area contributed by atoms with E-state index in [4.69, 9.17) is 0 Å². The lowest BCUT2D eigenvalue weighted by molar-refractivity contribution is 0.584. The maximum absolute atomic E-state index is 12.0. The predicted molar refractivity (Wildman–Crippen MR) is 82.6 cm³/mol. The molecule has 0 saturated carbocycles. The minimum absolute atomic E-state index is 0.268. The van der Waals surface area contributed by atoms with E-state index in [1.54, 1.807) is 42.7 Å². The lowest BCUT2D eigenvalue weighted by atomic mass is 10.4. The number of aromatic nitrogens is 3. The van der Waals surface area contributed by atoms with E-state index in [0.29, 0.717) is 18.8 Å². The molecule has 2 aromatic rings. The van der Waals surface area contributed by atoms with Crippen LogP contribution in [-0.2, 0) is 16.6 Å². The molecule has 0 aliphatic heterocycles. The standard InChI is InChI=1S/C13H16N4O2S2/c1-2-9-17-11-14-16-13(17)20-10-8-15-21(18,19)12-6-4-3-5-7-12/h2-7,11,15H,1,8-10H2. The van der Waals surface area contributed by atoms with Crippen LogP contribution in [0.3, 0.4) is 0 Å². The molecule has 0 saturated heterocycles. The van der Waals surface area contributed by atoms with Crippen molar-refractivity contribution in [2.24, 2.45) is 0 Å². The Bertz CT molecular complexity index is 683. The highest BCUT2D eigenvalue weighted by molar-refractivity contribution is 7.99. The van der Waals surface area contributed by atoms with Gasteiger partial charge in [-0.2, -0.15) is 0 Å². The van der Waals surface area contributed by atoms with Crippen molar-refractivity contribution in [1.82, 2.24) is 19.5 Å². The van der Waals surface area contributed by atoms with Gasteiger partial charge in [0.05, 0.1) is 4.90 Å². The lowest BCUT2D eigenvalue weighted by Gasteiger charge is -2.06. The first-order valence-corrected chi connectivity index (χ1v) is 8.76. The second-order valence-electron chi connectivity index (χ2n) is 4.11. The van der Waals surface area contributed by atoms with Crippen LogP contribution in [0, 0.1) is 0 Å². The average molecular weight is 324 g/mol. The van der Waals surface area contributed by atoms with Gasteiger partial charge in [0.1, 0.15) is 6.33 Å². The molecule has 0 spiro atoms. The summed E-state index contributed by atoms with van der Waals surface area (Å²) in [5, 5.41) is 8.54. The van der Waals surface area contributed by atoms with Gasteiger partial charge < -0.3 is 4.57 Å². The van der Waals surface area contributed by atoms with Gasteiger partial charge in [0.15, 0.2) is 5.16 Å². The summed E-state index contributed by atoms with van der Waals surface area (Å²) in [6.45, 7) is 4.61. The van der Waals surface area contributed by atoms with Gasteiger partial charge in [0.25, 0.3) is 0 Å². The third kappa shape index (κ3) is 4.42. The fourth-order valence-electron chi connectivity index (χ4n) is 1.62. The van der Waals surface area contributed by atoms with Crippen LogP contribution in [0.25, 0.3) is 0 Å². The molecule has 0 atom stereocenters. The molecule has 6 nitrogen and oxygen atoms in total. The lowest BCUT2D eigenvalue weighted by Crippen LogP contribution is -2.26. The van der Waals surface area contributed by atoms with Crippen molar-refractivity contribution in [3.8, 4) is 0 Å². The Balaban J connectivity index is 1.85. The molecule has 1 N–H and O–H groups in total. The van der Waals surface area contributed by atoms with E-state index in [-0.39, 0.29) is 4.90 Å². The van der Waals surface area contributed by atoms with Gasteiger partial charge >= 0.3 is 0 Å². The Morgan fingerprint density at radius 1 is 1.33 bits per heavy atom. The number of nitrogens with one attached hydrogen (secondary N) is 1. The van der Waals surface area contributed by atoms with Crippen LogP contribution < -0.4 is 4.72 Å². The molecule has 0 bridgehead atoms. The zero-order valence-electron chi connectivity index (χ0n) is 11.3. The average Bonchev–Trinajstić information content (AvgIpc) is 2.92. The molecule has 0 fully saturated rings. The van der Waals surface area contributed by atoms with Crippen molar-refractivity contribution in [3.05, 3.63) is 49.3 Å². The first-order valence-electron chi connectivity index (χ1n) is 6.29. The normalized spacial score (nSPS) is 11.4. The first kappa shape index (κ1) is 15.7. The molecule has 8 heteroatoms. The van der Waals surface area contributed by atoms with Crippen LogP contribution in [0.1, 0.15) is 0 Å². The minimum Gasteiger partial charge on any atom is -0.305 e. The van der Waals surface area contributed by atoms with Crippen molar-refractivity contribution in [1.29, 1.82) is 0 Å². The van der Waals surface area contributed by atoms with E-state index in [1.165, 1.54) is 11.8 Å². The van der Waals surface area contributed by atoms with Crippen LogP contribution in [0.5, 0.6) is 0 Å². The van der Waals surface area contributed by atoms with E-state index < -0.39 is 10.0 Å².